The van der Waals surface area contributed by atoms with Gasteiger partial charge in [-0.2, -0.15) is 0 Å². The lowest BCUT2D eigenvalue weighted by molar-refractivity contribution is -0.125. The molecular formula is C7H14BFO5. The van der Waals surface area contributed by atoms with Gasteiger partial charge in [0.1, 0.15) is 30.6 Å². The third kappa shape index (κ3) is 3.89. The Bertz CT molecular complexity index is 159. The van der Waals surface area contributed by atoms with E-state index in [4.69, 9.17) is 15.3 Å². The Morgan fingerprint density at radius 1 is 1.14 bits per heavy atom. The molecule has 0 aromatic heterocycles. The molecule has 0 aromatic rings. The molecule has 0 fully saturated rings. The molecule has 2 radical (unpaired) electrons. The smallest absolute Gasteiger partial charge is 0.282 e. The zero-order valence-corrected chi connectivity index (χ0v) is 7.75. The lowest BCUT2D eigenvalue weighted by Gasteiger charge is -2.26. The lowest BCUT2D eigenvalue weighted by atomic mass is 10.0. The monoisotopic (exact) mass is 208 g/mol. The SMILES string of the molecule is [B]OCC(O)C(O)C(O)C(O)C(C)F. The lowest BCUT2D eigenvalue weighted by Crippen LogP contribution is -2.48. The van der Waals surface area contributed by atoms with E-state index in [1.165, 1.54) is 0 Å². The summed E-state index contributed by atoms with van der Waals surface area (Å²) >= 11 is 0. The van der Waals surface area contributed by atoms with E-state index in [0.717, 1.165) is 6.92 Å². The van der Waals surface area contributed by atoms with Crippen molar-refractivity contribution in [2.45, 2.75) is 37.5 Å². The minimum absolute atomic E-state index is 0.425. The summed E-state index contributed by atoms with van der Waals surface area (Å²) < 4.78 is 16.5. The van der Waals surface area contributed by atoms with Crippen molar-refractivity contribution in [2.75, 3.05) is 6.61 Å². The molecular weight excluding hydrogens is 194 g/mol. The average Bonchev–Trinajstić information content (AvgIpc) is 2.14. The third-order valence-corrected chi connectivity index (χ3v) is 1.83. The molecule has 5 atom stereocenters. The maximum absolute atomic E-state index is 12.5. The maximum atomic E-state index is 12.5. The highest BCUT2D eigenvalue weighted by Crippen LogP contribution is 2.10. The molecule has 0 rings (SSSR count). The molecule has 0 saturated carbocycles. The standard InChI is InChI=1S/C7H14BFO5/c1-3(9)5(11)7(13)6(12)4(10)2-14-8/h3-7,10-13H,2H2,1H3. The molecule has 5 nitrogen and oxygen atoms in total. The van der Waals surface area contributed by atoms with Gasteiger partial charge in [0.15, 0.2) is 0 Å². The third-order valence-electron chi connectivity index (χ3n) is 1.83. The van der Waals surface area contributed by atoms with Gasteiger partial charge < -0.3 is 25.1 Å². The molecule has 0 aliphatic heterocycles. The van der Waals surface area contributed by atoms with Gasteiger partial charge in [-0.1, -0.05) is 0 Å². The van der Waals surface area contributed by atoms with E-state index in [0.29, 0.717) is 0 Å². The molecule has 0 heterocycles. The summed E-state index contributed by atoms with van der Waals surface area (Å²) in [5.74, 6) is 0. The number of halogens is 1. The molecule has 0 bridgehead atoms. The van der Waals surface area contributed by atoms with E-state index in [2.05, 4.69) is 12.7 Å². The molecule has 0 aliphatic carbocycles. The van der Waals surface area contributed by atoms with E-state index in [1.807, 2.05) is 0 Å². The van der Waals surface area contributed by atoms with Gasteiger partial charge in [0.2, 0.25) is 0 Å². The van der Waals surface area contributed by atoms with Crippen molar-refractivity contribution in [3.8, 4) is 0 Å². The number of aliphatic hydroxyl groups excluding tert-OH is 4. The number of aliphatic hydroxyl groups is 4. The summed E-state index contributed by atoms with van der Waals surface area (Å²) in [6.45, 7) is 0.595. The summed E-state index contributed by atoms with van der Waals surface area (Å²) in [5, 5.41) is 36.4. The van der Waals surface area contributed by atoms with Gasteiger partial charge >= 0.3 is 0 Å². The normalized spacial score (nSPS) is 22.4. The number of hydrogen-bond donors (Lipinski definition) is 4. The fourth-order valence-electron chi connectivity index (χ4n) is 0.899. The van der Waals surface area contributed by atoms with Crippen LogP contribution >= 0.6 is 0 Å². The topological polar surface area (TPSA) is 90.2 Å². The van der Waals surface area contributed by atoms with Crippen LogP contribution in [0.1, 0.15) is 6.92 Å². The summed E-state index contributed by atoms with van der Waals surface area (Å²) in [5.41, 5.74) is 0. The second-order valence-electron chi connectivity index (χ2n) is 3.05. The molecule has 82 valence electrons. The summed E-state index contributed by atoms with van der Waals surface area (Å²) in [6, 6.07) is 0. The first kappa shape index (κ1) is 13.8. The van der Waals surface area contributed by atoms with Crippen molar-refractivity contribution in [1.82, 2.24) is 0 Å². The quantitative estimate of drug-likeness (QED) is 0.375. The van der Waals surface area contributed by atoms with Gasteiger partial charge in [-0.3, -0.25) is 0 Å². The van der Waals surface area contributed by atoms with Crippen molar-refractivity contribution >= 4 is 8.05 Å². The first-order valence-electron chi connectivity index (χ1n) is 4.09. The van der Waals surface area contributed by atoms with E-state index in [9.17, 15) is 9.50 Å². The molecule has 0 saturated heterocycles. The van der Waals surface area contributed by atoms with E-state index < -0.39 is 37.2 Å². The van der Waals surface area contributed by atoms with E-state index in [1.54, 1.807) is 0 Å². The maximum Gasteiger partial charge on any atom is 0.282 e. The van der Waals surface area contributed by atoms with Crippen LogP contribution in [-0.4, -0.2) is 65.7 Å². The molecule has 5 unspecified atom stereocenters. The van der Waals surface area contributed by atoms with Gasteiger partial charge in [-0.25, -0.2) is 4.39 Å². The highest BCUT2D eigenvalue weighted by Gasteiger charge is 2.33. The van der Waals surface area contributed by atoms with Crippen molar-refractivity contribution in [3.05, 3.63) is 0 Å². The van der Waals surface area contributed by atoms with E-state index >= 15 is 0 Å². The van der Waals surface area contributed by atoms with Crippen molar-refractivity contribution in [1.29, 1.82) is 0 Å². The Labute approximate surface area is 82.6 Å². The highest BCUT2D eigenvalue weighted by molar-refractivity contribution is 5.97. The minimum Gasteiger partial charge on any atom is -0.445 e. The fraction of sp³-hybridized carbons (Fsp3) is 1.00. The van der Waals surface area contributed by atoms with Crippen LogP contribution in [0.25, 0.3) is 0 Å². The van der Waals surface area contributed by atoms with Crippen molar-refractivity contribution in [3.63, 3.8) is 0 Å². The Hall–Kier alpha value is -0.205. The predicted molar refractivity (Wildman–Crippen MR) is 46.3 cm³/mol. The van der Waals surface area contributed by atoms with Crippen LogP contribution in [0.3, 0.4) is 0 Å². The molecule has 0 amide bonds. The zero-order chi connectivity index (χ0) is 11.3. The van der Waals surface area contributed by atoms with Gasteiger partial charge in [-0.15, -0.1) is 0 Å². The minimum atomic E-state index is -1.79. The van der Waals surface area contributed by atoms with Crippen LogP contribution < -0.4 is 0 Å². The fourth-order valence-corrected chi connectivity index (χ4v) is 0.899. The molecule has 14 heavy (non-hydrogen) atoms. The van der Waals surface area contributed by atoms with Gasteiger partial charge in [0.05, 0.1) is 6.61 Å². The van der Waals surface area contributed by atoms with Crippen molar-refractivity contribution < 1.29 is 29.5 Å². The Morgan fingerprint density at radius 2 is 1.64 bits per heavy atom. The Morgan fingerprint density at radius 3 is 2.00 bits per heavy atom. The van der Waals surface area contributed by atoms with Crippen LogP contribution in [0.15, 0.2) is 0 Å². The molecule has 0 spiro atoms. The molecule has 4 N–H and O–H groups in total. The Kier molecular flexibility index (Phi) is 6.22. The van der Waals surface area contributed by atoms with Crippen molar-refractivity contribution in [2.24, 2.45) is 0 Å². The average molecular weight is 208 g/mol. The summed E-state index contributed by atoms with van der Waals surface area (Å²) in [7, 11) is 4.61. The summed E-state index contributed by atoms with van der Waals surface area (Å²) in [4.78, 5) is 0. The molecule has 0 aliphatic rings. The van der Waals surface area contributed by atoms with Crippen LogP contribution in [0, 0.1) is 0 Å². The second kappa shape index (κ2) is 6.31. The largest absolute Gasteiger partial charge is 0.445 e. The van der Waals surface area contributed by atoms with Gasteiger partial charge in [-0.05, 0) is 6.92 Å². The number of hydrogen-bond acceptors (Lipinski definition) is 5. The predicted octanol–water partition coefficient (Wildman–Crippen LogP) is -2.11. The molecule has 7 heteroatoms. The van der Waals surface area contributed by atoms with Gasteiger partial charge in [0, 0.05) is 0 Å². The zero-order valence-electron chi connectivity index (χ0n) is 7.75. The first-order chi connectivity index (χ1) is 6.41. The number of alkyl halides is 1. The molecule has 0 aromatic carbocycles. The van der Waals surface area contributed by atoms with Crippen LogP contribution in [-0.2, 0) is 4.65 Å². The van der Waals surface area contributed by atoms with Crippen LogP contribution in [0.4, 0.5) is 4.39 Å². The summed E-state index contributed by atoms with van der Waals surface area (Å²) in [6.07, 6.45) is -8.47. The first-order valence-corrected chi connectivity index (χ1v) is 4.09. The van der Waals surface area contributed by atoms with Crippen LogP contribution in [0.2, 0.25) is 0 Å². The highest BCUT2D eigenvalue weighted by atomic mass is 19.1. The van der Waals surface area contributed by atoms with E-state index in [-0.39, 0.29) is 0 Å². The number of rotatable bonds is 6. The van der Waals surface area contributed by atoms with Gasteiger partial charge in [0.25, 0.3) is 8.05 Å². The second-order valence-corrected chi connectivity index (χ2v) is 3.05. The Balaban J connectivity index is 4.15. The van der Waals surface area contributed by atoms with Crippen LogP contribution in [0.5, 0.6) is 0 Å².